The number of hydrogen-bond acceptors (Lipinski definition) is 6. The second kappa shape index (κ2) is 9.71. The zero-order valence-electron chi connectivity index (χ0n) is 18.3. The minimum Gasteiger partial charge on any atom is -0.466 e. The van der Waals surface area contributed by atoms with Gasteiger partial charge in [-0.1, -0.05) is 27.7 Å². The first-order valence-electron chi connectivity index (χ1n) is 10.4. The normalized spacial score (nSPS) is 27.0. The molecule has 0 aromatic rings. The average Bonchev–Trinajstić information content (AvgIpc) is 3.20. The summed E-state index contributed by atoms with van der Waals surface area (Å²) < 4.78 is 17.1. The smallest absolute Gasteiger partial charge is 0.310 e. The van der Waals surface area contributed by atoms with Gasteiger partial charge >= 0.3 is 5.97 Å². The second-order valence-corrected chi connectivity index (χ2v) is 8.09. The highest BCUT2D eigenvalue weighted by Crippen LogP contribution is 2.40. The number of ether oxygens (including phenoxy) is 3. The van der Waals surface area contributed by atoms with E-state index in [2.05, 4.69) is 0 Å². The maximum absolute atomic E-state index is 13.1. The second-order valence-electron chi connectivity index (χ2n) is 8.09. The van der Waals surface area contributed by atoms with Crippen LogP contribution in [-0.4, -0.2) is 65.8 Å². The van der Waals surface area contributed by atoms with E-state index in [1.54, 1.807) is 31.9 Å². The predicted molar refractivity (Wildman–Crippen MR) is 106 cm³/mol. The molecule has 2 aliphatic rings. The van der Waals surface area contributed by atoms with E-state index in [1.165, 1.54) is 18.2 Å². The van der Waals surface area contributed by atoms with E-state index < -0.39 is 17.7 Å². The Morgan fingerprint density at radius 3 is 2.28 bits per heavy atom. The van der Waals surface area contributed by atoms with Crippen molar-refractivity contribution in [3.63, 3.8) is 0 Å². The summed E-state index contributed by atoms with van der Waals surface area (Å²) in [6.45, 7) is 9.70. The highest BCUT2D eigenvalue weighted by molar-refractivity contribution is 5.84. The molecular weight excluding hydrogens is 376 g/mol. The first-order chi connectivity index (χ1) is 13.7. The lowest BCUT2D eigenvalue weighted by Gasteiger charge is -2.53. The van der Waals surface area contributed by atoms with Gasteiger partial charge in [-0.15, -0.1) is 0 Å². The van der Waals surface area contributed by atoms with Crippen molar-refractivity contribution in [3.05, 3.63) is 12.4 Å². The fraction of sp³-hybridized carbons (Fsp3) is 0.762. The molecule has 2 heterocycles. The zero-order chi connectivity index (χ0) is 21.8. The largest absolute Gasteiger partial charge is 0.466 e. The Hall–Kier alpha value is -1.93. The van der Waals surface area contributed by atoms with Crippen LogP contribution in [0.25, 0.3) is 0 Å². The molecule has 164 valence electrons. The lowest BCUT2D eigenvalue weighted by molar-refractivity contribution is -0.210. The van der Waals surface area contributed by atoms with Crippen LogP contribution in [0.4, 0.5) is 0 Å². The summed E-state index contributed by atoms with van der Waals surface area (Å²) in [4.78, 5) is 41.7. The zero-order valence-corrected chi connectivity index (χ0v) is 18.3. The van der Waals surface area contributed by atoms with Crippen LogP contribution in [0.2, 0.25) is 0 Å². The quantitative estimate of drug-likeness (QED) is 0.599. The third kappa shape index (κ3) is 4.64. The Morgan fingerprint density at radius 1 is 1.14 bits per heavy atom. The Balaban J connectivity index is 2.63. The van der Waals surface area contributed by atoms with Crippen LogP contribution >= 0.6 is 0 Å². The standard InChI is InChI=1S/C21H34N2O6/c1-7-28-17(24)13-21(27-6)18(16-9-8-12-29-16)22(19(25)14(2)3)10-11-23(21)20(26)15(4)5/h10-11,14-16,18H,7-9,12-13H2,1-6H3. The minimum absolute atomic E-state index is 0.122. The number of methoxy groups -OCH3 is 1. The van der Waals surface area contributed by atoms with Gasteiger partial charge in [0.05, 0.1) is 19.1 Å². The topological polar surface area (TPSA) is 85.4 Å². The van der Waals surface area contributed by atoms with E-state index in [9.17, 15) is 14.4 Å². The highest BCUT2D eigenvalue weighted by Gasteiger charge is 2.57. The lowest BCUT2D eigenvalue weighted by Crippen LogP contribution is -2.70. The summed E-state index contributed by atoms with van der Waals surface area (Å²) in [5.41, 5.74) is -1.41. The van der Waals surface area contributed by atoms with E-state index in [0.717, 1.165) is 6.42 Å². The van der Waals surface area contributed by atoms with Crippen molar-refractivity contribution < 1.29 is 28.6 Å². The van der Waals surface area contributed by atoms with Crippen molar-refractivity contribution in [3.8, 4) is 0 Å². The van der Waals surface area contributed by atoms with Crippen LogP contribution in [0.15, 0.2) is 12.4 Å². The van der Waals surface area contributed by atoms with Gasteiger partial charge in [0.2, 0.25) is 11.8 Å². The first-order valence-corrected chi connectivity index (χ1v) is 10.4. The molecule has 0 aromatic carbocycles. The Morgan fingerprint density at radius 2 is 1.79 bits per heavy atom. The van der Waals surface area contributed by atoms with Crippen LogP contribution < -0.4 is 0 Å². The molecule has 2 rings (SSSR count). The third-order valence-electron chi connectivity index (χ3n) is 5.40. The highest BCUT2D eigenvalue weighted by atomic mass is 16.5. The third-order valence-corrected chi connectivity index (χ3v) is 5.40. The Kier molecular flexibility index (Phi) is 7.82. The fourth-order valence-corrected chi connectivity index (χ4v) is 3.99. The van der Waals surface area contributed by atoms with Crippen LogP contribution in [-0.2, 0) is 28.6 Å². The number of carbonyl (C=O) groups is 3. The molecule has 0 bridgehead atoms. The molecule has 1 fully saturated rings. The van der Waals surface area contributed by atoms with Gasteiger partial charge in [-0.25, -0.2) is 0 Å². The van der Waals surface area contributed by atoms with Crippen LogP contribution in [0.5, 0.6) is 0 Å². The lowest BCUT2D eigenvalue weighted by atomic mass is 9.87. The number of esters is 1. The van der Waals surface area contributed by atoms with E-state index in [0.29, 0.717) is 13.0 Å². The van der Waals surface area contributed by atoms with Gasteiger partial charge in [0.15, 0.2) is 5.72 Å². The Labute approximate surface area is 173 Å². The van der Waals surface area contributed by atoms with E-state index in [-0.39, 0.29) is 42.8 Å². The summed E-state index contributed by atoms with van der Waals surface area (Å²) in [6, 6.07) is -0.665. The molecule has 0 aliphatic carbocycles. The van der Waals surface area contributed by atoms with Crippen molar-refractivity contribution in [1.29, 1.82) is 0 Å². The summed E-state index contributed by atoms with van der Waals surface area (Å²) in [7, 11) is 1.46. The molecule has 0 radical (unpaired) electrons. The molecule has 29 heavy (non-hydrogen) atoms. The number of nitrogens with zero attached hydrogens (tertiary/aromatic N) is 2. The molecule has 2 amide bonds. The summed E-state index contributed by atoms with van der Waals surface area (Å²) in [5.74, 6) is -1.41. The number of carbonyl (C=O) groups excluding carboxylic acids is 3. The Bertz CT molecular complexity index is 641. The van der Waals surface area contributed by atoms with Crippen molar-refractivity contribution in [2.45, 2.75) is 71.8 Å². The van der Waals surface area contributed by atoms with Crippen molar-refractivity contribution in [2.24, 2.45) is 11.8 Å². The molecule has 2 aliphatic heterocycles. The van der Waals surface area contributed by atoms with Gasteiger partial charge in [-0.05, 0) is 19.8 Å². The molecule has 0 N–H and O–H groups in total. The molecule has 1 saturated heterocycles. The molecule has 0 aromatic heterocycles. The number of amides is 2. The molecular formula is C21H34N2O6. The van der Waals surface area contributed by atoms with Gasteiger partial charge in [0.25, 0.3) is 0 Å². The van der Waals surface area contributed by atoms with E-state index in [1.807, 2.05) is 13.8 Å². The average molecular weight is 411 g/mol. The van der Waals surface area contributed by atoms with E-state index >= 15 is 0 Å². The summed E-state index contributed by atoms with van der Waals surface area (Å²) in [6.07, 6.45) is 4.13. The monoisotopic (exact) mass is 410 g/mol. The predicted octanol–water partition coefficient (Wildman–Crippen LogP) is 2.28. The van der Waals surface area contributed by atoms with E-state index in [4.69, 9.17) is 14.2 Å². The molecule has 0 saturated carbocycles. The fourth-order valence-electron chi connectivity index (χ4n) is 3.99. The maximum Gasteiger partial charge on any atom is 0.310 e. The number of hydrogen-bond donors (Lipinski definition) is 0. The minimum atomic E-state index is -1.41. The van der Waals surface area contributed by atoms with Gasteiger partial charge in [0.1, 0.15) is 6.04 Å². The van der Waals surface area contributed by atoms with Crippen LogP contribution in [0, 0.1) is 11.8 Å². The summed E-state index contributed by atoms with van der Waals surface area (Å²) in [5, 5.41) is 0. The molecule has 8 heteroatoms. The van der Waals surface area contributed by atoms with Gasteiger partial charge in [-0.2, -0.15) is 0 Å². The molecule has 0 spiro atoms. The molecule has 3 unspecified atom stereocenters. The van der Waals surface area contributed by atoms with Crippen molar-refractivity contribution >= 4 is 17.8 Å². The maximum atomic E-state index is 13.1. The molecule has 8 nitrogen and oxygen atoms in total. The van der Waals surface area contributed by atoms with Crippen molar-refractivity contribution in [2.75, 3.05) is 20.3 Å². The van der Waals surface area contributed by atoms with Crippen LogP contribution in [0.1, 0.15) is 53.9 Å². The SMILES string of the molecule is CCOC(=O)CC1(OC)C(C2CCCO2)N(C(=O)C(C)C)C=CN1C(=O)C(C)C. The van der Waals surface area contributed by atoms with Crippen LogP contribution in [0.3, 0.4) is 0 Å². The van der Waals surface area contributed by atoms with Gasteiger partial charge < -0.3 is 19.1 Å². The first kappa shape index (κ1) is 23.3. The number of rotatable bonds is 7. The molecule has 3 atom stereocenters. The van der Waals surface area contributed by atoms with Gasteiger partial charge in [0, 0.05) is 38.0 Å². The summed E-state index contributed by atoms with van der Waals surface area (Å²) >= 11 is 0. The van der Waals surface area contributed by atoms with Gasteiger partial charge in [-0.3, -0.25) is 19.3 Å². The van der Waals surface area contributed by atoms with Crippen molar-refractivity contribution in [1.82, 2.24) is 9.80 Å².